The number of hydrogen-bond donors (Lipinski definition) is 1. The summed E-state index contributed by atoms with van der Waals surface area (Å²) in [6.07, 6.45) is 6.74. The number of aromatic nitrogens is 1. The molecule has 4 heteroatoms. The molecule has 0 radical (unpaired) electrons. The van der Waals surface area contributed by atoms with E-state index in [0.29, 0.717) is 24.0 Å². The number of carbonyl (C=O) groups is 1. The zero-order valence-electron chi connectivity index (χ0n) is 11.9. The molecule has 1 aliphatic carbocycles. The second-order valence-electron chi connectivity index (χ2n) is 5.65. The van der Waals surface area contributed by atoms with E-state index < -0.39 is 5.97 Å². The molecule has 0 unspecified atom stereocenters. The van der Waals surface area contributed by atoms with Gasteiger partial charge >= 0.3 is 5.97 Å². The second-order valence-corrected chi connectivity index (χ2v) is 5.65. The molecule has 0 saturated heterocycles. The standard InChI is InChI=1S/C17H19NO3/c19-17(20)15-14(11-10-12-6-4-5-7-12)21-16(18-15)13-8-2-1-3-9-13/h1-3,8-9,12H,4-7,10-11H2,(H,19,20). The SMILES string of the molecule is O=C(O)c1nc(-c2ccccc2)oc1CCC1CCCC1. The van der Waals surface area contributed by atoms with Crippen LogP contribution in [-0.2, 0) is 6.42 Å². The highest BCUT2D eigenvalue weighted by molar-refractivity contribution is 5.87. The van der Waals surface area contributed by atoms with Gasteiger partial charge in [-0.05, 0) is 24.5 Å². The van der Waals surface area contributed by atoms with Gasteiger partial charge in [-0.1, -0.05) is 43.9 Å². The highest BCUT2D eigenvalue weighted by Crippen LogP contribution is 2.30. The zero-order chi connectivity index (χ0) is 14.7. The van der Waals surface area contributed by atoms with E-state index in [0.717, 1.165) is 12.0 Å². The average molecular weight is 285 g/mol. The third-order valence-electron chi connectivity index (χ3n) is 4.18. The quantitative estimate of drug-likeness (QED) is 0.895. The number of rotatable bonds is 5. The summed E-state index contributed by atoms with van der Waals surface area (Å²) in [5, 5.41) is 9.30. The normalized spacial score (nSPS) is 15.4. The summed E-state index contributed by atoms with van der Waals surface area (Å²) in [5.74, 6) is 0.599. The van der Waals surface area contributed by atoms with Crippen molar-refractivity contribution in [3.8, 4) is 11.5 Å². The topological polar surface area (TPSA) is 63.3 Å². The second kappa shape index (κ2) is 6.12. The maximum atomic E-state index is 11.3. The fourth-order valence-electron chi connectivity index (χ4n) is 3.03. The molecule has 3 rings (SSSR count). The summed E-state index contributed by atoms with van der Waals surface area (Å²) in [7, 11) is 0. The zero-order valence-corrected chi connectivity index (χ0v) is 11.9. The number of hydrogen-bond acceptors (Lipinski definition) is 3. The van der Waals surface area contributed by atoms with Gasteiger partial charge < -0.3 is 9.52 Å². The molecule has 0 aliphatic heterocycles. The lowest BCUT2D eigenvalue weighted by Gasteiger charge is -2.06. The van der Waals surface area contributed by atoms with Crippen LogP contribution in [0.25, 0.3) is 11.5 Å². The van der Waals surface area contributed by atoms with Crippen LogP contribution in [0.1, 0.15) is 48.4 Å². The van der Waals surface area contributed by atoms with Crippen molar-refractivity contribution >= 4 is 5.97 Å². The Hall–Kier alpha value is -2.10. The van der Waals surface area contributed by atoms with Gasteiger partial charge in [0, 0.05) is 12.0 Å². The average Bonchev–Trinajstić information content (AvgIpc) is 3.15. The Kier molecular flexibility index (Phi) is 4.04. The molecule has 21 heavy (non-hydrogen) atoms. The van der Waals surface area contributed by atoms with Crippen LogP contribution in [-0.4, -0.2) is 16.1 Å². The van der Waals surface area contributed by atoms with E-state index >= 15 is 0 Å². The van der Waals surface area contributed by atoms with Crippen molar-refractivity contribution in [3.05, 3.63) is 41.8 Å². The van der Waals surface area contributed by atoms with Crippen LogP contribution in [0.15, 0.2) is 34.7 Å². The first-order valence-corrected chi connectivity index (χ1v) is 7.52. The minimum absolute atomic E-state index is 0.0619. The maximum absolute atomic E-state index is 11.3. The lowest BCUT2D eigenvalue weighted by molar-refractivity contribution is 0.0688. The van der Waals surface area contributed by atoms with E-state index in [4.69, 9.17) is 4.42 Å². The van der Waals surface area contributed by atoms with E-state index in [-0.39, 0.29) is 5.69 Å². The predicted octanol–water partition coefficient (Wildman–Crippen LogP) is 4.16. The first-order valence-electron chi connectivity index (χ1n) is 7.52. The van der Waals surface area contributed by atoms with Gasteiger partial charge in [0.15, 0.2) is 5.69 Å². The molecule has 1 saturated carbocycles. The third-order valence-corrected chi connectivity index (χ3v) is 4.18. The van der Waals surface area contributed by atoms with Gasteiger partial charge in [-0.3, -0.25) is 0 Å². The largest absolute Gasteiger partial charge is 0.476 e. The Labute approximate surface area is 123 Å². The fourth-order valence-corrected chi connectivity index (χ4v) is 3.03. The fraction of sp³-hybridized carbons (Fsp3) is 0.412. The van der Waals surface area contributed by atoms with Gasteiger partial charge in [0.2, 0.25) is 5.89 Å². The Bertz CT molecular complexity index is 612. The Balaban J connectivity index is 1.81. The van der Waals surface area contributed by atoms with E-state index in [2.05, 4.69) is 4.98 Å². The van der Waals surface area contributed by atoms with E-state index in [1.165, 1.54) is 25.7 Å². The molecule has 2 aromatic rings. The van der Waals surface area contributed by atoms with Crippen molar-refractivity contribution in [1.82, 2.24) is 4.98 Å². The lowest BCUT2D eigenvalue weighted by Crippen LogP contribution is -2.03. The number of oxazole rings is 1. The summed E-state index contributed by atoms with van der Waals surface area (Å²) in [5.41, 5.74) is 0.874. The maximum Gasteiger partial charge on any atom is 0.358 e. The molecule has 0 spiro atoms. The molecular formula is C17H19NO3. The molecule has 1 N–H and O–H groups in total. The molecule has 0 amide bonds. The molecule has 1 aromatic carbocycles. The van der Waals surface area contributed by atoms with Gasteiger partial charge in [-0.15, -0.1) is 0 Å². The molecule has 1 heterocycles. The molecule has 1 aliphatic rings. The first-order chi connectivity index (χ1) is 10.2. The first kappa shape index (κ1) is 13.9. The van der Waals surface area contributed by atoms with Crippen LogP contribution in [0.3, 0.4) is 0 Å². The van der Waals surface area contributed by atoms with Crippen molar-refractivity contribution in [2.75, 3.05) is 0 Å². The monoisotopic (exact) mass is 285 g/mol. The number of carboxylic acid groups (broad SMARTS) is 1. The third kappa shape index (κ3) is 3.15. The van der Waals surface area contributed by atoms with Crippen LogP contribution >= 0.6 is 0 Å². The molecule has 110 valence electrons. The molecule has 4 nitrogen and oxygen atoms in total. The van der Waals surface area contributed by atoms with Crippen LogP contribution in [0.5, 0.6) is 0 Å². The van der Waals surface area contributed by atoms with Gasteiger partial charge in [0.05, 0.1) is 0 Å². The Morgan fingerprint density at radius 1 is 1.24 bits per heavy atom. The summed E-state index contributed by atoms with van der Waals surface area (Å²) in [6, 6.07) is 9.43. The molecular weight excluding hydrogens is 266 g/mol. The van der Waals surface area contributed by atoms with Crippen LogP contribution < -0.4 is 0 Å². The Morgan fingerprint density at radius 3 is 2.62 bits per heavy atom. The van der Waals surface area contributed by atoms with E-state index in [1.807, 2.05) is 30.3 Å². The smallest absolute Gasteiger partial charge is 0.358 e. The van der Waals surface area contributed by atoms with Gasteiger partial charge in [-0.2, -0.15) is 0 Å². The molecule has 1 aromatic heterocycles. The van der Waals surface area contributed by atoms with Crippen molar-refractivity contribution in [3.63, 3.8) is 0 Å². The van der Waals surface area contributed by atoms with Crippen molar-refractivity contribution in [2.24, 2.45) is 5.92 Å². The van der Waals surface area contributed by atoms with Crippen LogP contribution in [0.4, 0.5) is 0 Å². The van der Waals surface area contributed by atoms with Crippen molar-refractivity contribution < 1.29 is 14.3 Å². The molecule has 0 bridgehead atoms. The van der Waals surface area contributed by atoms with Gasteiger partial charge in [0.25, 0.3) is 0 Å². The predicted molar refractivity (Wildman–Crippen MR) is 79.2 cm³/mol. The van der Waals surface area contributed by atoms with Gasteiger partial charge in [0.1, 0.15) is 5.76 Å². The lowest BCUT2D eigenvalue weighted by atomic mass is 10.0. The van der Waals surface area contributed by atoms with Gasteiger partial charge in [-0.25, -0.2) is 9.78 Å². The minimum Gasteiger partial charge on any atom is -0.476 e. The summed E-state index contributed by atoms with van der Waals surface area (Å²) in [6.45, 7) is 0. The van der Waals surface area contributed by atoms with E-state index in [9.17, 15) is 9.90 Å². The number of benzene rings is 1. The number of carboxylic acids is 1. The number of aryl methyl sites for hydroxylation is 1. The number of nitrogens with zero attached hydrogens (tertiary/aromatic N) is 1. The minimum atomic E-state index is -1.01. The summed E-state index contributed by atoms with van der Waals surface area (Å²) < 4.78 is 5.73. The number of aromatic carboxylic acids is 1. The molecule has 0 atom stereocenters. The van der Waals surface area contributed by atoms with Crippen LogP contribution in [0.2, 0.25) is 0 Å². The molecule has 1 fully saturated rings. The van der Waals surface area contributed by atoms with Crippen molar-refractivity contribution in [2.45, 2.75) is 38.5 Å². The summed E-state index contributed by atoms with van der Waals surface area (Å²) in [4.78, 5) is 15.5. The highest BCUT2D eigenvalue weighted by Gasteiger charge is 2.22. The summed E-state index contributed by atoms with van der Waals surface area (Å²) >= 11 is 0. The van der Waals surface area contributed by atoms with Crippen molar-refractivity contribution in [1.29, 1.82) is 0 Å². The van der Waals surface area contributed by atoms with Crippen LogP contribution in [0, 0.1) is 5.92 Å². The van der Waals surface area contributed by atoms with E-state index in [1.54, 1.807) is 0 Å². The highest BCUT2D eigenvalue weighted by atomic mass is 16.4. The Morgan fingerprint density at radius 2 is 1.95 bits per heavy atom.